The Morgan fingerprint density at radius 2 is 2.21 bits per heavy atom. The fraction of sp³-hybridized carbons (Fsp3) is 0.0833. The molecule has 96 valence electrons. The third kappa shape index (κ3) is 2.61. The number of Topliss-reactive ketones (excluding diaryl/α,β-unsaturated/α-hetero) is 1. The van der Waals surface area contributed by atoms with E-state index in [9.17, 15) is 4.79 Å². The summed E-state index contributed by atoms with van der Waals surface area (Å²) in [4.78, 5) is 12.0. The number of nitrogens with two attached hydrogens (primary N) is 1. The van der Waals surface area contributed by atoms with Crippen LogP contribution in [0.25, 0.3) is 11.0 Å². The van der Waals surface area contributed by atoms with E-state index in [1.54, 1.807) is 6.07 Å². The van der Waals surface area contributed by atoms with Crippen LogP contribution in [0.15, 0.2) is 39.1 Å². The van der Waals surface area contributed by atoms with Crippen LogP contribution >= 0.6 is 23.1 Å². The number of hydrogen-bond acceptors (Lipinski definition) is 7. The molecule has 0 amide bonds. The van der Waals surface area contributed by atoms with Gasteiger partial charge in [0.05, 0.1) is 5.75 Å². The van der Waals surface area contributed by atoms with Gasteiger partial charge in [0.1, 0.15) is 5.58 Å². The second kappa shape index (κ2) is 5.02. The number of nitrogens with zero attached hydrogens (tertiary/aromatic N) is 2. The first-order chi connectivity index (χ1) is 9.22. The normalized spacial score (nSPS) is 10.9. The number of nitrogen functional groups attached to an aromatic ring is 1. The highest BCUT2D eigenvalue weighted by molar-refractivity contribution is 8.01. The fourth-order valence-electron chi connectivity index (χ4n) is 1.60. The van der Waals surface area contributed by atoms with Crippen molar-refractivity contribution >= 4 is 45.0 Å². The molecule has 2 N–H and O–H groups in total. The molecular weight excluding hydrogens is 282 g/mol. The zero-order chi connectivity index (χ0) is 13.2. The van der Waals surface area contributed by atoms with Gasteiger partial charge in [-0.05, 0) is 12.1 Å². The maximum atomic E-state index is 12.0. The second-order valence-corrected chi connectivity index (χ2v) is 6.00. The Morgan fingerprint density at radius 3 is 2.95 bits per heavy atom. The van der Waals surface area contributed by atoms with E-state index in [1.807, 2.05) is 24.3 Å². The number of aromatic nitrogens is 2. The van der Waals surface area contributed by atoms with Crippen LogP contribution in [0, 0.1) is 0 Å². The number of hydrogen-bond donors (Lipinski definition) is 1. The summed E-state index contributed by atoms with van der Waals surface area (Å²) >= 11 is 2.58. The number of furan rings is 1. The van der Waals surface area contributed by atoms with Gasteiger partial charge in [-0.15, -0.1) is 10.2 Å². The smallest absolute Gasteiger partial charge is 0.208 e. The van der Waals surface area contributed by atoms with Gasteiger partial charge < -0.3 is 10.2 Å². The number of carbonyl (C=O) groups is 1. The summed E-state index contributed by atoms with van der Waals surface area (Å²) in [7, 11) is 0. The molecule has 0 radical (unpaired) electrons. The summed E-state index contributed by atoms with van der Waals surface area (Å²) in [5.41, 5.74) is 6.19. The van der Waals surface area contributed by atoms with Gasteiger partial charge in [0, 0.05) is 5.39 Å². The van der Waals surface area contributed by atoms with Crippen LogP contribution in [0.5, 0.6) is 0 Å². The molecule has 2 aromatic heterocycles. The third-order valence-electron chi connectivity index (χ3n) is 2.45. The summed E-state index contributed by atoms with van der Waals surface area (Å²) in [6, 6.07) is 9.29. The number of thioether (sulfide) groups is 1. The molecule has 0 saturated heterocycles. The molecule has 0 aliphatic carbocycles. The zero-order valence-corrected chi connectivity index (χ0v) is 11.3. The van der Waals surface area contributed by atoms with E-state index in [0.29, 0.717) is 15.2 Å². The average Bonchev–Trinajstić information content (AvgIpc) is 3.01. The second-order valence-electron chi connectivity index (χ2n) is 3.77. The van der Waals surface area contributed by atoms with Gasteiger partial charge in [0.15, 0.2) is 10.1 Å². The molecule has 2 heterocycles. The first kappa shape index (κ1) is 12.2. The number of anilines is 1. The van der Waals surface area contributed by atoms with Crippen molar-refractivity contribution in [2.24, 2.45) is 0 Å². The quantitative estimate of drug-likeness (QED) is 0.588. The molecule has 5 nitrogen and oxygen atoms in total. The van der Waals surface area contributed by atoms with E-state index >= 15 is 0 Å². The van der Waals surface area contributed by atoms with E-state index in [4.69, 9.17) is 10.2 Å². The van der Waals surface area contributed by atoms with Crippen molar-refractivity contribution in [3.63, 3.8) is 0 Å². The maximum absolute atomic E-state index is 12.0. The molecule has 0 spiro atoms. The Bertz CT molecular complexity index is 702. The summed E-state index contributed by atoms with van der Waals surface area (Å²) in [5, 5.41) is 8.87. The monoisotopic (exact) mass is 291 g/mol. The predicted octanol–water partition coefficient (Wildman–Crippen LogP) is 2.84. The lowest BCUT2D eigenvalue weighted by atomic mass is 10.2. The molecular formula is C12H9N3O2S2. The number of ketones is 1. The van der Waals surface area contributed by atoms with Gasteiger partial charge in [0.2, 0.25) is 10.9 Å². The van der Waals surface area contributed by atoms with Crippen LogP contribution in [-0.2, 0) is 0 Å². The lowest BCUT2D eigenvalue weighted by Crippen LogP contribution is -2.00. The predicted molar refractivity (Wildman–Crippen MR) is 75.6 cm³/mol. The van der Waals surface area contributed by atoms with E-state index in [0.717, 1.165) is 11.0 Å². The molecule has 7 heteroatoms. The maximum Gasteiger partial charge on any atom is 0.208 e. The van der Waals surface area contributed by atoms with Gasteiger partial charge in [-0.2, -0.15) is 0 Å². The van der Waals surface area contributed by atoms with Gasteiger partial charge in [-0.1, -0.05) is 41.3 Å². The molecule has 0 aliphatic heterocycles. The zero-order valence-electron chi connectivity index (χ0n) is 9.70. The Hall–Kier alpha value is -1.86. The van der Waals surface area contributed by atoms with Crippen molar-refractivity contribution in [2.45, 2.75) is 4.34 Å². The lowest BCUT2D eigenvalue weighted by Gasteiger charge is -1.93. The number of carbonyl (C=O) groups excluding carboxylic acids is 1. The Balaban J connectivity index is 1.73. The van der Waals surface area contributed by atoms with E-state index < -0.39 is 0 Å². The summed E-state index contributed by atoms with van der Waals surface area (Å²) in [6.45, 7) is 0. The van der Waals surface area contributed by atoms with Gasteiger partial charge >= 0.3 is 0 Å². The molecule has 3 aromatic rings. The van der Waals surface area contributed by atoms with Crippen molar-refractivity contribution in [3.05, 3.63) is 36.1 Å². The van der Waals surface area contributed by atoms with Crippen molar-refractivity contribution in [1.29, 1.82) is 0 Å². The van der Waals surface area contributed by atoms with Gasteiger partial charge in [-0.25, -0.2) is 0 Å². The summed E-state index contributed by atoms with van der Waals surface area (Å²) in [6.07, 6.45) is 0. The largest absolute Gasteiger partial charge is 0.453 e. The molecule has 0 fully saturated rings. The van der Waals surface area contributed by atoms with Crippen LogP contribution in [0.4, 0.5) is 5.13 Å². The van der Waals surface area contributed by atoms with Crippen LogP contribution in [-0.4, -0.2) is 21.7 Å². The molecule has 3 rings (SSSR count). The number of benzene rings is 1. The lowest BCUT2D eigenvalue weighted by molar-refractivity contribution is 0.0994. The Morgan fingerprint density at radius 1 is 1.37 bits per heavy atom. The minimum absolute atomic E-state index is 0.0741. The average molecular weight is 291 g/mol. The van der Waals surface area contributed by atoms with E-state index in [1.165, 1.54) is 23.1 Å². The molecule has 0 aliphatic rings. The van der Waals surface area contributed by atoms with E-state index in [2.05, 4.69) is 10.2 Å². The van der Waals surface area contributed by atoms with E-state index in [-0.39, 0.29) is 11.5 Å². The molecule has 0 bridgehead atoms. The number of fused-ring (bicyclic) bond motifs is 1. The minimum Gasteiger partial charge on any atom is -0.453 e. The minimum atomic E-state index is -0.0741. The Kier molecular flexibility index (Phi) is 3.22. The molecule has 0 unspecified atom stereocenters. The van der Waals surface area contributed by atoms with Crippen molar-refractivity contribution in [1.82, 2.24) is 10.2 Å². The van der Waals surface area contributed by atoms with Crippen molar-refractivity contribution in [2.75, 3.05) is 11.5 Å². The first-order valence-electron chi connectivity index (χ1n) is 5.46. The fourth-order valence-corrected chi connectivity index (χ4v) is 3.10. The highest BCUT2D eigenvalue weighted by Gasteiger charge is 2.13. The van der Waals surface area contributed by atoms with Gasteiger partial charge in [0.25, 0.3) is 0 Å². The first-order valence-corrected chi connectivity index (χ1v) is 7.26. The summed E-state index contributed by atoms with van der Waals surface area (Å²) in [5.74, 6) is 0.551. The SMILES string of the molecule is Nc1nnc(SCC(=O)c2cc3ccccc3o2)s1. The van der Waals surface area contributed by atoms with Crippen molar-refractivity contribution < 1.29 is 9.21 Å². The third-order valence-corrected chi connectivity index (χ3v) is 4.33. The van der Waals surface area contributed by atoms with Crippen LogP contribution in [0.1, 0.15) is 10.6 Å². The molecule has 1 aromatic carbocycles. The van der Waals surface area contributed by atoms with Crippen LogP contribution in [0.2, 0.25) is 0 Å². The van der Waals surface area contributed by atoms with Crippen LogP contribution < -0.4 is 5.73 Å². The molecule has 0 saturated carbocycles. The highest BCUT2D eigenvalue weighted by Crippen LogP contribution is 2.25. The standard InChI is InChI=1S/C12H9N3O2S2/c13-11-14-15-12(19-11)18-6-8(16)10-5-7-3-1-2-4-9(7)17-10/h1-5H,6H2,(H2,13,14). The number of para-hydroxylation sites is 1. The van der Waals surface area contributed by atoms with Crippen molar-refractivity contribution in [3.8, 4) is 0 Å². The number of rotatable bonds is 4. The summed E-state index contributed by atoms with van der Waals surface area (Å²) < 4.78 is 6.19. The topological polar surface area (TPSA) is 82.0 Å². The molecule has 19 heavy (non-hydrogen) atoms. The highest BCUT2D eigenvalue weighted by atomic mass is 32.2. The van der Waals surface area contributed by atoms with Crippen LogP contribution in [0.3, 0.4) is 0 Å². The molecule has 0 atom stereocenters. The Labute approximate surface area is 116 Å². The van der Waals surface area contributed by atoms with Gasteiger partial charge in [-0.3, -0.25) is 4.79 Å².